The van der Waals surface area contributed by atoms with Crippen molar-refractivity contribution >= 4 is 11.9 Å². The zero-order chi connectivity index (χ0) is 14.1. The van der Waals surface area contributed by atoms with Gasteiger partial charge < -0.3 is 10.4 Å². The number of hydrogen-bond donors (Lipinski definition) is 2. The van der Waals surface area contributed by atoms with Crippen molar-refractivity contribution in [1.82, 2.24) is 5.32 Å². The van der Waals surface area contributed by atoms with E-state index >= 15 is 0 Å². The van der Waals surface area contributed by atoms with Gasteiger partial charge in [-0.25, -0.2) is 8.78 Å². The molecular weight excluding hydrogens is 244 g/mol. The van der Waals surface area contributed by atoms with E-state index < -0.39 is 35.6 Å². The van der Waals surface area contributed by atoms with Gasteiger partial charge in [0, 0.05) is 13.0 Å². The highest BCUT2D eigenvalue weighted by molar-refractivity contribution is 5.87. The molecule has 1 amide bonds. The Labute approximate surface area is 105 Å². The molecule has 18 heavy (non-hydrogen) atoms. The molecule has 1 fully saturated rings. The van der Waals surface area contributed by atoms with Gasteiger partial charge in [0.25, 0.3) is 5.92 Å². The van der Waals surface area contributed by atoms with Crippen LogP contribution >= 0.6 is 0 Å². The van der Waals surface area contributed by atoms with Gasteiger partial charge >= 0.3 is 5.97 Å². The second-order valence-electron chi connectivity index (χ2n) is 5.59. The fraction of sp³-hybridized carbons (Fsp3) is 0.833. The fourth-order valence-electron chi connectivity index (χ4n) is 1.90. The van der Waals surface area contributed by atoms with E-state index in [1.807, 2.05) is 13.8 Å². The number of hydrogen-bond acceptors (Lipinski definition) is 2. The maximum Gasteiger partial charge on any atom is 0.308 e. The summed E-state index contributed by atoms with van der Waals surface area (Å²) in [4.78, 5) is 22.5. The summed E-state index contributed by atoms with van der Waals surface area (Å²) < 4.78 is 25.9. The number of aliphatic carboxylic acids is 1. The lowest BCUT2D eigenvalue weighted by Crippen LogP contribution is -2.39. The molecule has 4 nitrogen and oxygen atoms in total. The van der Waals surface area contributed by atoms with Crippen LogP contribution < -0.4 is 5.32 Å². The van der Waals surface area contributed by atoms with E-state index in [0.717, 1.165) is 0 Å². The lowest BCUT2D eigenvalue weighted by atomic mass is 9.97. The molecular formula is C12H19F2NO3. The van der Waals surface area contributed by atoms with Crippen LogP contribution in [0.25, 0.3) is 0 Å². The average molecular weight is 263 g/mol. The first kappa shape index (κ1) is 14.9. The molecule has 6 heteroatoms. The lowest BCUT2D eigenvalue weighted by molar-refractivity contribution is -0.142. The third-order valence-corrected chi connectivity index (χ3v) is 3.37. The molecule has 0 unspecified atom stereocenters. The fourth-order valence-corrected chi connectivity index (χ4v) is 1.90. The average Bonchev–Trinajstić information content (AvgIpc) is 2.73. The summed E-state index contributed by atoms with van der Waals surface area (Å²) in [5.74, 6) is -5.31. The van der Waals surface area contributed by atoms with Gasteiger partial charge in [0.1, 0.15) is 5.41 Å². The van der Waals surface area contributed by atoms with Gasteiger partial charge in [0.2, 0.25) is 5.91 Å². The first-order chi connectivity index (χ1) is 8.10. The summed E-state index contributed by atoms with van der Waals surface area (Å²) in [6, 6.07) is 0. The summed E-state index contributed by atoms with van der Waals surface area (Å²) in [7, 11) is 0. The van der Waals surface area contributed by atoms with E-state index in [-0.39, 0.29) is 12.5 Å². The third kappa shape index (κ3) is 2.97. The minimum Gasteiger partial charge on any atom is -0.481 e. The molecule has 1 aliphatic carbocycles. The van der Waals surface area contributed by atoms with Crippen LogP contribution in [0.1, 0.15) is 33.6 Å². The Hall–Kier alpha value is -1.20. The zero-order valence-corrected chi connectivity index (χ0v) is 10.8. The summed E-state index contributed by atoms with van der Waals surface area (Å²) in [5, 5.41) is 11.3. The standard InChI is InChI=1S/C12H19F2NO3/c1-7(2)4-8(9(16)17)5-15-10(18)11(3)6-12(11,13)14/h7-8H,4-6H2,1-3H3,(H,15,18)(H,16,17)/t8-,11-/m1/s1. The van der Waals surface area contributed by atoms with E-state index in [4.69, 9.17) is 5.11 Å². The van der Waals surface area contributed by atoms with Crippen molar-refractivity contribution in [2.24, 2.45) is 17.3 Å². The van der Waals surface area contributed by atoms with Gasteiger partial charge in [-0.05, 0) is 19.3 Å². The second kappa shape index (κ2) is 4.82. The van der Waals surface area contributed by atoms with Gasteiger partial charge in [0.15, 0.2) is 0 Å². The number of nitrogens with one attached hydrogen (secondary N) is 1. The molecule has 2 atom stereocenters. The Balaban J connectivity index is 2.49. The molecule has 1 rings (SSSR count). The van der Waals surface area contributed by atoms with Gasteiger partial charge in [-0.3, -0.25) is 9.59 Å². The van der Waals surface area contributed by atoms with Crippen molar-refractivity contribution in [3.63, 3.8) is 0 Å². The summed E-state index contributed by atoms with van der Waals surface area (Å²) in [5.41, 5.74) is -1.66. The quantitative estimate of drug-likeness (QED) is 0.769. The number of carboxylic acids is 1. The Morgan fingerprint density at radius 3 is 2.22 bits per heavy atom. The van der Waals surface area contributed by atoms with Gasteiger partial charge in [-0.15, -0.1) is 0 Å². The smallest absolute Gasteiger partial charge is 0.308 e. The molecule has 0 aromatic carbocycles. The van der Waals surface area contributed by atoms with Gasteiger partial charge in [0.05, 0.1) is 5.92 Å². The topological polar surface area (TPSA) is 66.4 Å². The first-order valence-electron chi connectivity index (χ1n) is 5.99. The molecule has 0 aliphatic heterocycles. The predicted molar refractivity (Wildman–Crippen MR) is 61.3 cm³/mol. The Morgan fingerprint density at radius 2 is 1.89 bits per heavy atom. The number of rotatable bonds is 6. The van der Waals surface area contributed by atoms with Crippen molar-refractivity contribution in [3.05, 3.63) is 0 Å². The third-order valence-electron chi connectivity index (χ3n) is 3.37. The van der Waals surface area contributed by atoms with Crippen LogP contribution in [0.3, 0.4) is 0 Å². The minimum atomic E-state index is -2.96. The van der Waals surface area contributed by atoms with Crippen LogP contribution in [0.4, 0.5) is 8.78 Å². The molecule has 2 N–H and O–H groups in total. The SMILES string of the molecule is CC(C)C[C@H](CNC(=O)[C@@]1(C)CC1(F)F)C(=O)O. The van der Waals surface area contributed by atoms with Crippen LogP contribution in [0.5, 0.6) is 0 Å². The Morgan fingerprint density at radius 1 is 1.39 bits per heavy atom. The Kier molecular flexibility index (Phi) is 3.98. The largest absolute Gasteiger partial charge is 0.481 e. The van der Waals surface area contributed by atoms with Crippen molar-refractivity contribution in [2.45, 2.75) is 39.5 Å². The lowest BCUT2D eigenvalue weighted by Gasteiger charge is -2.17. The second-order valence-corrected chi connectivity index (χ2v) is 5.59. The number of carbonyl (C=O) groups is 2. The zero-order valence-electron chi connectivity index (χ0n) is 10.8. The number of carboxylic acid groups (broad SMARTS) is 1. The van der Waals surface area contributed by atoms with Crippen LogP contribution in [0, 0.1) is 17.3 Å². The minimum absolute atomic E-state index is 0.0992. The number of halogens is 2. The number of amides is 1. The molecule has 0 saturated heterocycles. The van der Waals surface area contributed by atoms with Crippen molar-refractivity contribution < 1.29 is 23.5 Å². The molecule has 1 saturated carbocycles. The van der Waals surface area contributed by atoms with Crippen LogP contribution in [0.15, 0.2) is 0 Å². The molecule has 1 aliphatic rings. The highest BCUT2D eigenvalue weighted by Crippen LogP contribution is 2.60. The van der Waals surface area contributed by atoms with Crippen LogP contribution in [-0.2, 0) is 9.59 Å². The summed E-state index contributed by atoms with van der Waals surface area (Å²) >= 11 is 0. The highest BCUT2D eigenvalue weighted by atomic mass is 19.3. The molecule has 0 radical (unpaired) electrons. The Bertz CT molecular complexity index is 357. The van der Waals surface area contributed by atoms with Crippen molar-refractivity contribution in [2.75, 3.05) is 6.54 Å². The van der Waals surface area contributed by atoms with Crippen molar-refractivity contribution in [1.29, 1.82) is 0 Å². The van der Waals surface area contributed by atoms with E-state index in [1.165, 1.54) is 6.92 Å². The van der Waals surface area contributed by atoms with E-state index in [0.29, 0.717) is 6.42 Å². The predicted octanol–water partition coefficient (Wildman–Crippen LogP) is 1.89. The highest BCUT2D eigenvalue weighted by Gasteiger charge is 2.72. The van der Waals surface area contributed by atoms with Crippen LogP contribution in [0.2, 0.25) is 0 Å². The summed E-state index contributed by atoms with van der Waals surface area (Å²) in [6.07, 6.45) is -0.0591. The molecule has 104 valence electrons. The first-order valence-corrected chi connectivity index (χ1v) is 5.99. The molecule has 0 heterocycles. The molecule has 0 spiro atoms. The normalized spacial score (nSPS) is 26.8. The van der Waals surface area contributed by atoms with Crippen molar-refractivity contribution in [3.8, 4) is 0 Å². The van der Waals surface area contributed by atoms with E-state index in [2.05, 4.69) is 5.32 Å². The number of carbonyl (C=O) groups excluding carboxylic acids is 1. The number of alkyl halides is 2. The van der Waals surface area contributed by atoms with Crippen LogP contribution in [-0.4, -0.2) is 29.5 Å². The monoisotopic (exact) mass is 263 g/mol. The maximum absolute atomic E-state index is 12.9. The molecule has 0 aromatic heterocycles. The molecule has 0 bridgehead atoms. The summed E-state index contributed by atoms with van der Waals surface area (Å²) in [6.45, 7) is 4.83. The van der Waals surface area contributed by atoms with E-state index in [1.54, 1.807) is 0 Å². The van der Waals surface area contributed by atoms with E-state index in [9.17, 15) is 18.4 Å². The van der Waals surface area contributed by atoms with Gasteiger partial charge in [-0.1, -0.05) is 13.8 Å². The van der Waals surface area contributed by atoms with Gasteiger partial charge in [-0.2, -0.15) is 0 Å². The molecule has 0 aromatic rings. The maximum atomic E-state index is 12.9.